The molecule has 1 amide bonds. The molecule has 1 aromatic carbocycles. The van der Waals surface area contributed by atoms with E-state index in [-0.39, 0.29) is 5.91 Å². The lowest BCUT2D eigenvalue weighted by Crippen LogP contribution is -2.38. The average Bonchev–Trinajstić information content (AvgIpc) is 3.10. The minimum absolute atomic E-state index is 0.0990. The summed E-state index contributed by atoms with van der Waals surface area (Å²) in [5.41, 5.74) is 2.83. The van der Waals surface area contributed by atoms with Gasteiger partial charge in [0.1, 0.15) is 0 Å². The predicted octanol–water partition coefficient (Wildman–Crippen LogP) is 2.64. The van der Waals surface area contributed by atoms with Crippen LogP contribution in [0.15, 0.2) is 36.7 Å². The third kappa shape index (κ3) is 3.67. The van der Waals surface area contributed by atoms with Crippen LogP contribution in [0.3, 0.4) is 0 Å². The van der Waals surface area contributed by atoms with Crippen LogP contribution in [0.5, 0.6) is 0 Å². The molecule has 5 nitrogen and oxygen atoms in total. The Balaban J connectivity index is 1.64. The zero-order chi connectivity index (χ0) is 16.9. The number of carbonyl (C=O) groups is 1. The van der Waals surface area contributed by atoms with Crippen LogP contribution < -0.4 is 5.32 Å². The third-order valence-electron chi connectivity index (χ3n) is 4.90. The normalized spacial score (nSPS) is 15.7. The summed E-state index contributed by atoms with van der Waals surface area (Å²) in [6.07, 6.45) is 6.92. The van der Waals surface area contributed by atoms with Crippen molar-refractivity contribution in [2.24, 2.45) is 5.92 Å². The number of para-hydroxylation sites is 1. The molecule has 1 N–H and O–H groups in total. The Morgan fingerprint density at radius 3 is 2.75 bits per heavy atom. The van der Waals surface area contributed by atoms with E-state index in [0.29, 0.717) is 5.56 Å². The second-order valence-corrected chi connectivity index (χ2v) is 6.59. The molecule has 5 heteroatoms. The van der Waals surface area contributed by atoms with Gasteiger partial charge in [-0.25, -0.2) is 4.68 Å². The fourth-order valence-electron chi connectivity index (χ4n) is 3.34. The van der Waals surface area contributed by atoms with Crippen LogP contribution >= 0.6 is 0 Å². The molecule has 3 rings (SSSR count). The number of likely N-dealkylation sites (tertiary alicyclic amines) is 1. The van der Waals surface area contributed by atoms with E-state index in [1.54, 1.807) is 10.9 Å². The average molecular weight is 326 g/mol. The van der Waals surface area contributed by atoms with E-state index in [1.165, 1.54) is 6.42 Å². The third-order valence-corrected chi connectivity index (χ3v) is 4.90. The summed E-state index contributed by atoms with van der Waals surface area (Å²) in [5.74, 6) is 0.832. The number of nitrogens with zero attached hydrogens (tertiary/aromatic N) is 3. The van der Waals surface area contributed by atoms with Crippen LogP contribution in [0.4, 0.5) is 0 Å². The van der Waals surface area contributed by atoms with E-state index in [0.717, 1.165) is 49.6 Å². The van der Waals surface area contributed by atoms with Gasteiger partial charge in [-0.3, -0.25) is 4.79 Å². The second-order valence-electron chi connectivity index (χ2n) is 6.59. The number of hydrogen-bond donors (Lipinski definition) is 1. The highest BCUT2D eigenvalue weighted by atomic mass is 16.2. The van der Waals surface area contributed by atoms with Gasteiger partial charge < -0.3 is 10.2 Å². The Bertz CT molecular complexity index is 686. The first kappa shape index (κ1) is 16.7. The standard InChI is InChI=1S/C19H26N4O/c1-15-5-3-4-6-18(15)23-14-17(13-21-23)19(24)22-11-8-16(9-12-22)7-10-20-2/h3-6,13-14,16,20H,7-12H2,1-2H3. The maximum absolute atomic E-state index is 12.7. The van der Waals surface area contributed by atoms with Gasteiger partial charge in [-0.15, -0.1) is 0 Å². The molecule has 0 aliphatic carbocycles. The molecule has 128 valence electrons. The maximum atomic E-state index is 12.7. The molecule has 0 atom stereocenters. The van der Waals surface area contributed by atoms with E-state index in [2.05, 4.69) is 23.4 Å². The number of nitrogens with one attached hydrogen (secondary N) is 1. The minimum atomic E-state index is 0.0990. The SMILES string of the molecule is CNCCC1CCN(C(=O)c2cnn(-c3ccccc3C)c2)CC1. The van der Waals surface area contributed by atoms with Gasteiger partial charge in [-0.1, -0.05) is 18.2 Å². The highest BCUT2D eigenvalue weighted by molar-refractivity contribution is 5.93. The van der Waals surface area contributed by atoms with E-state index in [4.69, 9.17) is 0 Å². The largest absolute Gasteiger partial charge is 0.339 e. The first-order valence-corrected chi connectivity index (χ1v) is 8.73. The molecule has 0 spiro atoms. The molecule has 1 aromatic heterocycles. The van der Waals surface area contributed by atoms with Gasteiger partial charge in [-0.2, -0.15) is 5.10 Å². The van der Waals surface area contributed by atoms with Crippen molar-refractivity contribution in [3.8, 4) is 5.69 Å². The number of benzene rings is 1. The Morgan fingerprint density at radius 2 is 2.04 bits per heavy atom. The quantitative estimate of drug-likeness (QED) is 0.919. The van der Waals surface area contributed by atoms with Gasteiger partial charge in [0.25, 0.3) is 5.91 Å². The van der Waals surface area contributed by atoms with Crippen molar-refractivity contribution in [3.63, 3.8) is 0 Å². The Morgan fingerprint density at radius 1 is 1.29 bits per heavy atom. The fourth-order valence-corrected chi connectivity index (χ4v) is 3.34. The lowest BCUT2D eigenvalue weighted by molar-refractivity contribution is 0.0687. The molecule has 1 saturated heterocycles. The van der Waals surface area contributed by atoms with Gasteiger partial charge in [-0.05, 0) is 57.3 Å². The summed E-state index contributed by atoms with van der Waals surface area (Å²) in [6, 6.07) is 8.06. The molecule has 0 bridgehead atoms. The molecule has 2 aromatic rings. The van der Waals surface area contributed by atoms with Gasteiger partial charge in [0.15, 0.2) is 0 Å². The summed E-state index contributed by atoms with van der Waals surface area (Å²) in [6.45, 7) is 4.81. The molecule has 0 unspecified atom stereocenters. The van der Waals surface area contributed by atoms with E-state index in [9.17, 15) is 4.79 Å². The van der Waals surface area contributed by atoms with Crippen molar-refractivity contribution in [1.29, 1.82) is 0 Å². The van der Waals surface area contributed by atoms with Crippen LogP contribution in [0, 0.1) is 12.8 Å². The Kier molecular flexibility index (Phi) is 5.30. The maximum Gasteiger partial charge on any atom is 0.257 e. The molecular formula is C19H26N4O. The van der Waals surface area contributed by atoms with Gasteiger partial charge in [0, 0.05) is 19.3 Å². The number of rotatable bonds is 5. The van der Waals surface area contributed by atoms with E-state index < -0.39 is 0 Å². The molecular weight excluding hydrogens is 300 g/mol. The lowest BCUT2D eigenvalue weighted by atomic mass is 9.93. The number of piperidine rings is 1. The topological polar surface area (TPSA) is 50.2 Å². The Labute approximate surface area is 143 Å². The van der Waals surface area contributed by atoms with Crippen LogP contribution in [0.1, 0.15) is 35.2 Å². The van der Waals surface area contributed by atoms with Crippen LogP contribution in [-0.2, 0) is 0 Å². The first-order chi connectivity index (χ1) is 11.7. The predicted molar refractivity (Wildman–Crippen MR) is 95.5 cm³/mol. The van der Waals surface area contributed by atoms with Gasteiger partial charge in [0.2, 0.25) is 0 Å². The van der Waals surface area contributed by atoms with Crippen molar-refractivity contribution < 1.29 is 4.79 Å². The number of aryl methyl sites for hydroxylation is 1. The summed E-state index contributed by atoms with van der Waals surface area (Å²) in [5, 5.41) is 7.59. The highest BCUT2D eigenvalue weighted by Gasteiger charge is 2.24. The molecule has 1 fully saturated rings. The second kappa shape index (κ2) is 7.62. The van der Waals surface area contributed by atoms with E-state index in [1.807, 2.05) is 36.3 Å². The van der Waals surface area contributed by atoms with Crippen molar-refractivity contribution in [1.82, 2.24) is 20.0 Å². The molecule has 1 aliphatic rings. The molecule has 0 saturated carbocycles. The zero-order valence-electron chi connectivity index (χ0n) is 14.5. The fraction of sp³-hybridized carbons (Fsp3) is 0.474. The van der Waals surface area contributed by atoms with Gasteiger partial charge >= 0.3 is 0 Å². The number of carbonyl (C=O) groups excluding carboxylic acids is 1. The molecule has 1 aliphatic heterocycles. The molecule has 2 heterocycles. The first-order valence-electron chi connectivity index (χ1n) is 8.73. The van der Waals surface area contributed by atoms with Crippen molar-refractivity contribution >= 4 is 5.91 Å². The molecule has 24 heavy (non-hydrogen) atoms. The zero-order valence-corrected chi connectivity index (χ0v) is 14.5. The smallest absolute Gasteiger partial charge is 0.257 e. The van der Waals surface area contributed by atoms with Gasteiger partial charge in [0.05, 0.1) is 17.4 Å². The molecule has 0 radical (unpaired) electrons. The minimum Gasteiger partial charge on any atom is -0.339 e. The number of aromatic nitrogens is 2. The monoisotopic (exact) mass is 326 g/mol. The highest BCUT2D eigenvalue weighted by Crippen LogP contribution is 2.22. The van der Waals surface area contributed by atoms with Crippen LogP contribution in [0.2, 0.25) is 0 Å². The van der Waals surface area contributed by atoms with Crippen molar-refractivity contribution in [2.75, 3.05) is 26.7 Å². The summed E-state index contributed by atoms with van der Waals surface area (Å²) >= 11 is 0. The summed E-state index contributed by atoms with van der Waals surface area (Å²) in [4.78, 5) is 14.7. The summed E-state index contributed by atoms with van der Waals surface area (Å²) < 4.78 is 1.79. The number of hydrogen-bond acceptors (Lipinski definition) is 3. The van der Waals surface area contributed by atoms with Crippen LogP contribution in [0.25, 0.3) is 5.69 Å². The van der Waals surface area contributed by atoms with E-state index >= 15 is 0 Å². The number of amides is 1. The summed E-state index contributed by atoms with van der Waals surface area (Å²) in [7, 11) is 1.99. The Hall–Kier alpha value is -2.14. The van der Waals surface area contributed by atoms with Crippen molar-refractivity contribution in [3.05, 3.63) is 47.8 Å². The van der Waals surface area contributed by atoms with Crippen LogP contribution in [-0.4, -0.2) is 47.3 Å². The lowest BCUT2D eigenvalue weighted by Gasteiger charge is -2.31. The van der Waals surface area contributed by atoms with Crippen molar-refractivity contribution in [2.45, 2.75) is 26.2 Å².